The van der Waals surface area contributed by atoms with Gasteiger partial charge in [0.1, 0.15) is 5.82 Å². The van der Waals surface area contributed by atoms with Gasteiger partial charge in [-0.1, -0.05) is 24.3 Å². The van der Waals surface area contributed by atoms with Gasteiger partial charge in [-0.2, -0.15) is 0 Å². The average Bonchev–Trinajstić information content (AvgIpc) is 2.28. The molecule has 0 bridgehead atoms. The molecule has 0 spiro atoms. The van der Waals surface area contributed by atoms with Crippen molar-refractivity contribution in [1.82, 2.24) is 0 Å². The van der Waals surface area contributed by atoms with Crippen LogP contribution in [0.25, 0.3) is 11.1 Å². The summed E-state index contributed by atoms with van der Waals surface area (Å²) < 4.78 is 35.1. The zero-order valence-corrected chi connectivity index (χ0v) is 10.2. The molecule has 0 unspecified atom stereocenters. The molecule has 0 aliphatic carbocycles. The van der Waals surface area contributed by atoms with Crippen molar-refractivity contribution < 1.29 is 12.8 Å². The zero-order chi connectivity index (χ0) is 12.5. The Morgan fingerprint density at radius 1 is 0.941 bits per heavy atom. The summed E-state index contributed by atoms with van der Waals surface area (Å²) in [6, 6.07) is 12.0. The quantitative estimate of drug-likeness (QED) is 0.784. The summed E-state index contributed by atoms with van der Waals surface area (Å²) in [5.74, 6) is -0.337. The van der Waals surface area contributed by atoms with E-state index in [4.69, 9.17) is 10.7 Å². The highest BCUT2D eigenvalue weighted by Crippen LogP contribution is 2.23. The molecule has 0 heterocycles. The number of rotatable bonds is 2. The largest absolute Gasteiger partial charge is 0.261 e. The molecule has 2 nitrogen and oxygen atoms in total. The van der Waals surface area contributed by atoms with Crippen molar-refractivity contribution in [2.75, 3.05) is 0 Å². The van der Waals surface area contributed by atoms with E-state index in [1.165, 1.54) is 24.3 Å². The lowest BCUT2D eigenvalue weighted by molar-refractivity contribution is 0.609. The van der Waals surface area contributed by atoms with Crippen molar-refractivity contribution >= 4 is 19.7 Å². The maximum atomic E-state index is 13.0. The summed E-state index contributed by atoms with van der Waals surface area (Å²) >= 11 is 0. The maximum Gasteiger partial charge on any atom is 0.261 e. The fraction of sp³-hybridized carbons (Fsp3) is 0. The molecule has 0 atom stereocenters. The predicted molar refractivity (Wildman–Crippen MR) is 64.9 cm³/mol. The Bertz CT molecular complexity index is 636. The molecule has 0 aromatic heterocycles. The summed E-state index contributed by atoms with van der Waals surface area (Å²) in [6.07, 6.45) is 0. The van der Waals surface area contributed by atoms with E-state index in [0.717, 1.165) is 5.56 Å². The molecule has 2 aromatic rings. The van der Waals surface area contributed by atoms with Gasteiger partial charge < -0.3 is 0 Å². The Labute approximate surface area is 103 Å². The number of hydrogen-bond donors (Lipinski definition) is 0. The van der Waals surface area contributed by atoms with Crippen LogP contribution in [0.2, 0.25) is 0 Å². The van der Waals surface area contributed by atoms with E-state index in [0.29, 0.717) is 5.56 Å². The molecule has 88 valence electrons. The second-order valence-electron chi connectivity index (χ2n) is 3.47. The number of hydrogen-bond acceptors (Lipinski definition) is 2. The van der Waals surface area contributed by atoms with Gasteiger partial charge in [0.25, 0.3) is 9.05 Å². The van der Waals surface area contributed by atoms with Gasteiger partial charge in [-0.15, -0.1) is 0 Å². The minimum Gasteiger partial charge on any atom is -0.207 e. The van der Waals surface area contributed by atoms with E-state index in [1.807, 2.05) is 0 Å². The van der Waals surface area contributed by atoms with Crippen molar-refractivity contribution in [1.29, 1.82) is 0 Å². The van der Waals surface area contributed by atoms with Crippen LogP contribution in [0.15, 0.2) is 53.4 Å². The van der Waals surface area contributed by atoms with E-state index in [-0.39, 0.29) is 10.7 Å². The molecule has 0 aliphatic rings. The first-order chi connectivity index (χ1) is 7.97. The van der Waals surface area contributed by atoms with Crippen LogP contribution in [0, 0.1) is 5.82 Å². The number of halogens is 2. The lowest BCUT2D eigenvalue weighted by atomic mass is 10.1. The molecule has 0 saturated carbocycles. The Kier molecular flexibility index (Phi) is 3.17. The average molecular weight is 271 g/mol. The SMILES string of the molecule is O=S(=O)(Cl)c1ccc(-c2cccc(F)c2)cc1. The second kappa shape index (κ2) is 4.47. The monoisotopic (exact) mass is 270 g/mol. The smallest absolute Gasteiger partial charge is 0.207 e. The first-order valence-corrected chi connectivity index (χ1v) is 7.08. The summed E-state index contributed by atoms with van der Waals surface area (Å²) in [4.78, 5) is 0.0271. The standard InChI is InChI=1S/C12H8ClFO2S/c13-17(15,16)12-6-4-9(5-7-12)10-2-1-3-11(14)8-10/h1-8H. The molecule has 2 aromatic carbocycles. The van der Waals surface area contributed by atoms with E-state index in [1.54, 1.807) is 24.3 Å². The summed E-state index contributed by atoms with van der Waals surface area (Å²) in [6.45, 7) is 0. The lowest BCUT2D eigenvalue weighted by Crippen LogP contribution is -1.89. The highest BCUT2D eigenvalue weighted by Gasteiger charge is 2.09. The molecule has 0 N–H and O–H groups in total. The van der Waals surface area contributed by atoms with Crippen molar-refractivity contribution in [2.24, 2.45) is 0 Å². The maximum absolute atomic E-state index is 13.0. The highest BCUT2D eigenvalue weighted by atomic mass is 35.7. The van der Waals surface area contributed by atoms with Gasteiger partial charge in [0.05, 0.1) is 4.90 Å². The Morgan fingerprint density at radius 2 is 1.59 bits per heavy atom. The first-order valence-electron chi connectivity index (χ1n) is 4.77. The summed E-state index contributed by atoms with van der Waals surface area (Å²) in [7, 11) is 1.48. The van der Waals surface area contributed by atoms with Gasteiger partial charge in [-0.3, -0.25) is 0 Å². The van der Waals surface area contributed by atoms with Crippen molar-refractivity contribution in [3.8, 4) is 11.1 Å². The molecule has 17 heavy (non-hydrogen) atoms. The fourth-order valence-electron chi connectivity index (χ4n) is 1.48. The lowest BCUT2D eigenvalue weighted by Gasteiger charge is -2.02. The molecule has 0 fully saturated rings. The molecule has 2 rings (SSSR count). The Balaban J connectivity index is 2.43. The summed E-state index contributed by atoms with van der Waals surface area (Å²) in [5, 5.41) is 0. The molecular weight excluding hydrogens is 263 g/mol. The van der Waals surface area contributed by atoms with Crippen LogP contribution in [-0.4, -0.2) is 8.42 Å². The van der Waals surface area contributed by atoms with Crippen LogP contribution in [0.1, 0.15) is 0 Å². The van der Waals surface area contributed by atoms with Gasteiger partial charge in [-0.25, -0.2) is 12.8 Å². The Morgan fingerprint density at radius 3 is 2.12 bits per heavy atom. The van der Waals surface area contributed by atoms with Gasteiger partial charge in [0, 0.05) is 10.7 Å². The second-order valence-corrected chi connectivity index (χ2v) is 6.04. The topological polar surface area (TPSA) is 34.1 Å². The molecule has 0 saturated heterocycles. The van der Waals surface area contributed by atoms with Crippen LogP contribution >= 0.6 is 10.7 Å². The van der Waals surface area contributed by atoms with Crippen LogP contribution in [0.4, 0.5) is 4.39 Å². The molecular formula is C12H8ClFO2S. The normalized spacial score (nSPS) is 11.4. The summed E-state index contributed by atoms with van der Waals surface area (Å²) in [5.41, 5.74) is 1.41. The van der Waals surface area contributed by atoms with Gasteiger partial charge >= 0.3 is 0 Å². The number of benzene rings is 2. The Hall–Kier alpha value is -1.39. The highest BCUT2D eigenvalue weighted by molar-refractivity contribution is 8.13. The van der Waals surface area contributed by atoms with E-state index in [9.17, 15) is 12.8 Å². The van der Waals surface area contributed by atoms with Gasteiger partial charge in [0.15, 0.2) is 0 Å². The third-order valence-electron chi connectivity index (χ3n) is 2.29. The van der Waals surface area contributed by atoms with Gasteiger partial charge in [-0.05, 0) is 35.4 Å². The minimum atomic E-state index is -3.71. The first kappa shape index (κ1) is 12.1. The van der Waals surface area contributed by atoms with Crippen molar-refractivity contribution in [3.05, 3.63) is 54.3 Å². The third-order valence-corrected chi connectivity index (χ3v) is 3.66. The van der Waals surface area contributed by atoms with Crippen LogP contribution in [-0.2, 0) is 9.05 Å². The van der Waals surface area contributed by atoms with Crippen LogP contribution in [0.5, 0.6) is 0 Å². The van der Waals surface area contributed by atoms with Crippen molar-refractivity contribution in [3.63, 3.8) is 0 Å². The van der Waals surface area contributed by atoms with Crippen LogP contribution in [0.3, 0.4) is 0 Å². The van der Waals surface area contributed by atoms with Gasteiger partial charge in [0.2, 0.25) is 0 Å². The third kappa shape index (κ3) is 2.84. The molecule has 5 heteroatoms. The molecule has 0 aliphatic heterocycles. The van der Waals surface area contributed by atoms with Crippen LogP contribution < -0.4 is 0 Å². The fourth-order valence-corrected chi connectivity index (χ4v) is 2.25. The van der Waals surface area contributed by atoms with Crippen molar-refractivity contribution in [2.45, 2.75) is 4.90 Å². The predicted octanol–water partition coefficient (Wildman–Crippen LogP) is 3.42. The zero-order valence-electron chi connectivity index (χ0n) is 8.60. The van der Waals surface area contributed by atoms with E-state index >= 15 is 0 Å². The molecule has 0 amide bonds. The molecule has 0 radical (unpaired) electrons. The minimum absolute atomic E-state index is 0.0271. The van der Waals surface area contributed by atoms with E-state index < -0.39 is 9.05 Å². The van der Waals surface area contributed by atoms with E-state index in [2.05, 4.69) is 0 Å².